The van der Waals surface area contributed by atoms with Crippen molar-refractivity contribution in [2.45, 2.75) is 39.3 Å². The van der Waals surface area contributed by atoms with E-state index in [4.69, 9.17) is 9.84 Å². The van der Waals surface area contributed by atoms with Crippen molar-refractivity contribution in [3.05, 3.63) is 86.9 Å². The molecule has 0 bridgehead atoms. The fourth-order valence-electron chi connectivity index (χ4n) is 3.74. The van der Waals surface area contributed by atoms with Crippen LogP contribution >= 0.6 is 0 Å². The maximum atomic E-state index is 11.8. The summed E-state index contributed by atoms with van der Waals surface area (Å²) in [6.45, 7) is 4.26. The summed E-state index contributed by atoms with van der Waals surface area (Å²) in [6, 6.07) is 8.82. The van der Waals surface area contributed by atoms with Gasteiger partial charge < -0.3 is 25.3 Å². The molecule has 1 aromatic carbocycles. The van der Waals surface area contributed by atoms with E-state index in [0.717, 1.165) is 13.5 Å². The summed E-state index contributed by atoms with van der Waals surface area (Å²) in [4.78, 5) is 38.8. The van der Waals surface area contributed by atoms with Gasteiger partial charge in [0, 0.05) is 31.3 Å². The molecule has 0 saturated heterocycles. The van der Waals surface area contributed by atoms with E-state index in [1.165, 1.54) is 23.1 Å². The first-order chi connectivity index (χ1) is 16.8. The van der Waals surface area contributed by atoms with Gasteiger partial charge in [0.1, 0.15) is 11.3 Å². The second kappa shape index (κ2) is 13.1. The molecule has 1 aliphatic heterocycles. The molecule has 1 aliphatic carbocycles. The van der Waals surface area contributed by atoms with Crippen molar-refractivity contribution in [1.82, 2.24) is 15.2 Å². The molecular weight excluding hydrogens is 450 g/mol. The van der Waals surface area contributed by atoms with Crippen LogP contribution in [0, 0.1) is 6.92 Å². The number of aliphatic hydroxyl groups excluding tert-OH is 1. The lowest BCUT2D eigenvalue weighted by atomic mass is 9.92. The third-order valence-electron chi connectivity index (χ3n) is 5.54. The minimum Gasteiger partial charge on any atom is -0.506 e. The van der Waals surface area contributed by atoms with Crippen LogP contribution in [0.3, 0.4) is 0 Å². The van der Waals surface area contributed by atoms with Crippen LogP contribution in [0.1, 0.15) is 52.0 Å². The molecular formula is C26H33N3O6. The lowest BCUT2D eigenvalue weighted by Crippen LogP contribution is -2.27. The number of hydrogen-bond acceptors (Lipinski definition) is 6. The third kappa shape index (κ3) is 6.83. The summed E-state index contributed by atoms with van der Waals surface area (Å²) in [5, 5.41) is 19.3. The average Bonchev–Trinajstić information content (AvgIpc) is 3.31. The van der Waals surface area contributed by atoms with Crippen LogP contribution in [0.5, 0.6) is 5.75 Å². The molecule has 2 heterocycles. The Balaban J connectivity index is 0.000000248. The normalized spacial score (nSPS) is 15.2. The molecule has 0 saturated carbocycles. The van der Waals surface area contributed by atoms with E-state index < -0.39 is 23.3 Å². The van der Waals surface area contributed by atoms with E-state index in [2.05, 4.69) is 65.8 Å². The number of aryl methyl sites for hydroxylation is 1. The summed E-state index contributed by atoms with van der Waals surface area (Å²) in [6.07, 6.45) is 9.35. The number of nitrogens with one attached hydrogen (secondary N) is 2. The number of aliphatic hydroxyl groups is 1. The quantitative estimate of drug-likeness (QED) is 0.530. The first-order valence-electron chi connectivity index (χ1n) is 11.3. The molecule has 9 nitrogen and oxygen atoms in total. The number of nitrogens with zero attached hydrogens (tertiary/aromatic N) is 1. The van der Waals surface area contributed by atoms with Gasteiger partial charge in [-0.15, -0.1) is 0 Å². The fourth-order valence-corrected chi connectivity index (χ4v) is 3.74. The van der Waals surface area contributed by atoms with Gasteiger partial charge in [-0.2, -0.15) is 0 Å². The number of amides is 2. The topological polar surface area (TPSA) is 132 Å². The van der Waals surface area contributed by atoms with Gasteiger partial charge in [-0.3, -0.25) is 14.5 Å². The molecule has 0 radical (unpaired) electrons. The van der Waals surface area contributed by atoms with Gasteiger partial charge in [-0.05, 0) is 25.8 Å². The zero-order valence-electron chi connectivity index (χ0n) is 20.5. The summed E-state index contributed by atoms with van der Waals surface area (Å²) in [7, 11) is 2.36. The Morgan fingerprint density at radius 2 is 1.86 bits per heavy atom. The molecule has 2 aromatic rings. The van der Waals surface area contributed by atoms with E-state index in [1.54, 1.807) is 6.92 Å². The highest BCUT2D eigenvalue weighted by atomic mass is 16.6. The van der Waals surface area contributed by atoms with Crippen molar-refractivity contribution >= 4 is 12.0 Å². The van der Waals surface area contributed by atoms with E-state index in [9.17, 15) is 19.5 Å². The predicted molar refractivity (Wildman–Crippen MR) is 133 cm³/mol. The highest BCUT2D eigenvalue weighted by molar-refractivity contribution is 5.96. The second-order valence-electron chi connectivity index (χ2n) is 7.83. The second-order valence-corrected chi connectivity index (χ2v) is 7.83. The SMILES string of the molecule is CCOC(=O)N1Cc2[nH]c(=O)c(C(=O)NC)c(O)c2C1.CO.Cc1ccc(C2C=CC=CC2)cc1. The molecule has 1 unspecified atom stereocenters. The number of aromatic hydroxyl groups is 1. The van der Waals surface area contributed by atoms with Crippen LogP contribution in [0.25, 0.3) is 0 Å². The lowest BCUT2D eigenvalue weighted by molar-refractivity contribution is 0.0958. The van der Waals surface area contributed by atoms with Crippen LogP contribution in [0.2, 0.25) is 0 Å². The molecule has 1 aromatic heterocycles. The van der Waals surface area contributed by atoms with Gasteiger partial charge in [0.15, 0.2) is 0 Å². The number of aromatic nitrogens is 1. The van der Waals surface area contributed by atoms with Gasteiger partial charge in [-0.1, -0.05) is 54.1 Å². The van der Waals surface area contributed by atoms with Crippen LogP contribution < -0.4 is 10.9 Å². The number of hydrogen-bond donors (Lipinski definition) is 4. The van der Waals surface area contributed by atoms with Gasteiger partial charge in [0.25, 0.3) is 11.5 Å². The zero-order chi connectivity index (χ0) is 26.0. The molecule has 9 heteroatoms. The van der Waals surface area contributed by atoms with Crippen LogP contribution in [-0.2, 0) is 17.8 Å². The van der Waals surface area contributed by atoms with E-state index in [0.29, 0.717) is 17.2 Å². The molecule has 2 aliphatic rings. The molecule has 4 N–H and O–H groups in total. The standard InChI is InChI=1S/C13H14.C12H15N3O5.CH4O/c1-11-7-9-13(10-8-11)12-5-3-2-4-6-12;1-3-20-12(19)15-4-6-7(5-15)14-11(18)8(9(6)16)10(17)13-2;1-2/h2-5,7-10,12H,6H2,1H3;3-5H2,1-2H3,(H,13,17)(H2,14,16,18);2H,1H3. The maximum absolute atomic E-state index is 11.8. The van der Waals surface area contributed by atoms with Gasteiger partial charge >= 0.3 is 6.09 Å². The number of benzene rings is 1. The Kier molecular flexibility index (Phi) is 10.3. The highest BCUT2D eigenvalue weighted by Crippen LogP contribution is 2.30. The number of allylic oxidation sites excluding steroid dienone is 4. The Bertz CT molecular complexity index is 1140. The Labute approximate surface area is 204 Å². The van der Waals surface area contributed by atoms with Crippen LogP contribution in [-0.4, -0.2) is 52.9 Å². The predicted octanol–water partition coefficient (Wildman–Crippen LogP) is 3.12. The van der Waals surface area contributed by atoms with E-state index in [-0.39, 0.29) is 25.3 Å². The molecule has 1 atom stereocenters. The largest absolute Gasteiger partial charge is 0.506 e. The number of H-pyrrole nitrogens is 1. The van der Waals surface area contributed by atoms with E-state index >= 15 is 0 Å². The van der Waals surface area contributed by atoms with Crippen molar-refractivity contribution in [3.63, 3.8) is 0 Å². The first-order valence-corrected chi connectivity index (χ1v) is 11.3. The third-order valence-corrected chi connectivity index (χ3v) is 5.54. The minimum absolute atomic E-state index is 0.0841. The number of pyridine rings is 1. The number of ether oxygens (including phenoxy) is 1. The minimum atomic E-state index is -0.689. The first kappa shape index (κ1) is 27.4. The monoisotopic (exact) mass is 483 g/mol. The smallest absolute Gasteiger partial charge is 0.410 e. The summed E-state index contributed by atoms with van der Waals surface area (Å²) in [5.74, 6) is -0.485. The zero-order valence-corrected chi connectivity index (χ0v) is 20.5. The van der Waals surface area contributed by atoms with Gasteiger partial charge in [0.05, 0.1) is 19.7 Å². The van der Waals surface area contributed by atoms with Crippen molar-refractivity contribution in [2.75, 3.05) is 20.8 Å². The van der Waals surface area contributed by atoms with Crippen molar-refractivity contribution in [2.24, 2.45) is 0 Å². The molecule has 188 valence electrons. The van der Waals surface area contributed by atoms with E-state index in [1.807, 2.05) is 0 Å². The highest BCUT2D eigenvalue weighted by Gasteiger charge is 2.31. The number of carbonyl (C=O) groups is 2. The van der Waals surface area contributed by atoms with Gasteiger partial charge in [-0.25, -0.2) is 4.79 Å². The number of rotatable bonds is 3. The Morgan fingerprint density at radius 3 is 2.43 bits per heavy atom. The van der Waals surface area contributed by atoms with Crippen molar-refractivity contribution in [3.8, 4) is 5.75 Å². The number of carbonyl (C=O) groups excluding carboxylic acids is 2. The average molecular weight is 484 g/mol. The summed E-state index contributed by atoms with van der Waals surface area (Å²) >= 11 is 0. The summed E-state index contributed by atoms with van der Waals surface area (Å²) in [5.41, 5.74) is 2.48. The summed E-state index contributed by atoms with van der Waals surface area (Å²) < 4.78 is 4.86. The van der Waals surface area contributed by atoms with Gasteiger partial charge in [0.2, 0.25) is 0 Å². The molecule has 0 fully saturated rings. The lowest BCUT2D eigenvalue weighted by Gasteiger charge is -2.13. The number of aromatic amines is 1. The molecule has 0 spiro atoms. The molecule has 2 amide bonds. The fraction of sp³-hybridized carbons (Fsp3) is 0.346. The van der Waals surface area contributed by atoms with Crippen molar-refractivity contribution in [1.29, 1.82) is 0 Å². The maximum Gasteiger partial charge on any atom is 0.410 e. The van der Waals surface area contributed by atoms with Crippen LogP contribution in [0.4, 0.5) is 4.79 Å². The Morgan fingerprint density at radius 1 is 1.17 bits per heavy atom. The number of fused-ring (bicyclic) bond motifs is 1. The van der Waals surface area contributed by atoms with Crippen molar-refractivity contribution < 1.29 is 24.5 Å². The van der Waals surface area contributed by atoms with Crippen LogP contribution in [0.15, 0.2) is 53.4 Å². The molecule has 4 rings (SSSR count). The Hall–Kier alpha value is -3.85. The molecule has 35 heavy (non-hydrogen) atoms.